The molecule has 11 nitrogen and oxygen atoms in total. The molecule has 1 aliphatic carbocycles. The summed E-state index contributed by atoms with van der Waals surface area (Å²) in [7, 11) is 0. The Labute approximate surface area is 292 Å². The number of aliphatic hydroxyl groups excluding tert-OH is 1. The zero-order valence-electron chi connectivity index (χ0n) is 28.2. The van der Waals surface area contributed by atoms with E-state index in [1.807, 2.05) is 72.8 Å². The summed E-state index contributed by atoms with van der Waals surface area (Å²) in [4.78, 5) is 52.5. The van der Waals surface area contributed by atoms with E-state index in [9.17, 15) is 24.3 Å². The zero-order chi connectivity index (χ0) is 35.3. The number of hydrogen-bond acceptors (Lipinski definition) is 8. The Balaban J connectivity index is 1.24. The lowest BCUT2D eigenvalue weighted by Gasteiger charge is -2.23. The molecule has 0 fully saturated rings. The molecule has 0 unspecified atom stereocenters. The topological polar surface area (TPSA) is 152 Å². The highest BCUT2D eigenvalue weighted by atomic mass is 16.6. The molecule has 5 rings (SSSR count). The molecule has 0 saturated heterocycles. The Hall–Kier alpha value is -5.00. The first-order chi connectivity index (χ1) is 24.3. The number of ether oxygens (including phenoxy) is 3. The fraction of sp³-hybridized carbons (Fsp3) is 0.385. The van der Waals surface area contributed by atoms with Crippen molar-refractivity contribution in [3.8, 4) is 11.1 Å². The molecule has 1 heterocycles. The average Bonchev–Trinajstić information content (AvgIpc) is 3.45. The highest BCUT2D eigenvalue weighted by Gasteiger charge is 2.31. The van der Waals surface area contributed by atoms with E-state index < -0.39 is 42.0 Å². The Morgan fingerprint density at radius 2 is 1.62 bits per heavy atom. The van der Waals surface area contributed by atoms with Crippen molar-refractivity contribution in [2.45, 2.75) is 63.3 Å². The number of benzene rings is 3. The highest BCUT2D eigenvalue weighted by molar-refractivity contribution is 5.86. The van der Waals surface area contributed by atoms with Crippen LogP contribution in [0.15, 0.2) is 91.0 Å². The SMILES string of the molecule is C[C@@H](CO)NC(=O)C[C@H]1CC=CCC[C@H](NC(=O)OCC2c3ccccc3-c3ccccc32)C(=O)OC[C@H](COCc2ccccc2)NC1=O. The number of nitrogens with one attached hydrogen (secondary N) is 3. The zero-order valence-corrected chi connectivity index (χ0v) is 28.2. The fourth-order valence-corrected chi connectivity index (χ4v) is 6.19. The number of hydrogen-bond donors (Lipinski definition) is 4. The number of alkyl carbamates (subject to hydrolysis) is 1. The van der Waals surface area contributed by atoms with Crippen LogP contribution in [0, 0.1) is 5.92 Å². The monoisotopic (exact) mass is 683 g/mol. The molecule has 264 valence electrons. The number of rotatable bonds is 11. The van der Waals surface area contributed by atoms with Crippen molar-refractivity contribution in [1.82, 2.24) is 16.0 Å². The predicted octanol–water partition coefficient (Wildman–Crippen LogP) is 4.38. The highest BCUT2D eigenvalue weighted by Crippen LogP contribution is 2.44. The van der Waals surface area contributed by atoms with Crippen LogP contribution in [0.25, 0.3) is 11.1 Å². The molecule has 2 aliphatic rings. The summed E-state index contributed by atoms with van der Waals surface area (Å²) in [5, 5.41) is 17.6. The maximum atomic E-state index is 13.4. The second-order valence-corrected chi connectivity index (χ2v) is 12.7. The van der Waals surface area contributed by atoms with Crippen molar-refractivity contribution in [2.75, 3.05) is 26.4 Å². The first-order valence-electron chi connectivity index (χ1n) is 17.1. The van der Waals surface area contributed by atoms with Crippen molar-refractivity contribution in [3.63, 3.8) is 0 Å². The van der Waals surface area contributed by atoms with Gasteiger partial charge in [-0.2, -0.15) is 0 Å². The summed E-state index contributed by atoms with van der Waals surface area (Å²) in [6.45, 7) is 1.65. The second-order valence-electron chi connectivity index (χ2n) is 12.7. The largest absolute Gasteiger partial charge is 0.462 e. The van der Waals surface area contributed by atoms with Gasteiger partial charge in [0.2, 0.25) is 11.8 Å². The van der Waals surface area contributed by atoms with Gasteiger partial charge in [-0.15, -0.1) is 0 Å². The van der Waals surface area contributed by atoms with Gasteiger partial charge in [-0.05, 0) is 54.0 Å². The van der Waals surface area contributed by atoms with Gasteiger partial charge in [0.1, 0.15) is 19.3 Å². The van der Waals surface area contributed by atoms with Gasteiger partial charge in [0.25, 0.3) is 0 Å². The third kappa shape index (κ3) is 10.0. The number of esters is 1. The van der Waals surface area contributed by atoms with Crippen molar-refractivity contribution >= 4 is 23.9 Å². The van der Waals surface area contributed by atoms with Crippen molar-refractivity contribution in [3.05, 3.63) is 108 Å². The first-order valence-corrected chi connectivity index (χ1v) is 17.1. The van der Waals surface area contributed by atoms with E-state index in [1.54, 1.807) is 13.0 Å². The lowest BCUT2D eigenvalue weighted by atomic mass is 9.98. The molecule has 4 N–H and O–H groups in total. The minimum Gasteiger partial charge on any atom is -0.462 e. The quantitative estimate of drug-likeness (QED) is 0.172. The second kappa shape index (κ2) is 18.1. The van der Waals surface area contributed by atoms with Crippen LogP contribution < -0.4 is 16.0 Å². The van der Waals surface area contributed by atoms with Gasteiger partial charge < -0.3 is 35.3 Å². The van der Waals surface area contributed by atoms with Crippen LogP contribution in [0.5, 0.6) is 0 Å². The molecular formula is C39H45N3O8. The Kier molecular flexibility index (Phi) is 13.2. The van der Waals surface area contributed by atoms with Crippen molar-refractivity contribution in [2.24, 2.45) is 5.92 Å². The number of allylic oxidation sites excluding steroid dienone is 2. The lowest BCUT2D eigenvalue weighted by molar-refractivity contribution is -0.148. The van der Waals surface area contributed by atoms with E-state index >= 15 is 0 Å². The van der Waals surface area contributed by atoms with E-state index in [2.05, 4.69) is 28.1 Å². The number of cyclic esters (lactones) is 1. The number of carbonyl (C=O) groups is 4. The van der Waals surface area contributed by atoms with Crippen molar-refractivity contribution in [1.29, 1.82) is 0 Å². The molecule has 3 aromatic carbocycles. The molecule has 0 aromatic heterocycles. The van der Waals surface area contributed by atoms with Crippen LogP contribution in [0.1, 0.15) is 55.2 Å². The Bertz CT molecular complexity index is 1600. The van der Waals surface area contributed by atoms with E-state index in [0.29, 0.717) is 6.42 Å². The van der Waals surface area contributed by atoms with Gasteiger partial charge in [0.05, 0.1) is 31.8 Å². The third-order valence-corrected chi connectivity index (χ3v) is 8.82. The summed E-state index contributed by atoms with van der Waals surface area (Å²) in [5.74, 6) is -2.26. The van der Waals surface area contributed by atoms with Crippen LogP contribution in [-0.4, -0.2) is 73.5 Å². The van der Waals surface area contributed by atoms with Crippen LogP contribution in [0.2, 0.25) is 0 Å². The number of fused-ring (bicyclic) bond motifs is 3. The van der Waals surface area contributed by atoms with Gasteiger partial charge in [-0.1, -0.05) is 91.0 Å². The normalized spacial score (nSPS) is 20.1. The number of amides is 3. The van der Waals surface area contributed by atoms with Gasteiger partial charge in [0.15, 0.2) is 0 Å². The van der Waals surface area contributed by atoms with Crippen LogP contribution in [0.4, 0.5) is 4.79 Å². The van der Waals surface area contributed by atoms with Crippen molar-refractivity contribution < 1.29 is 38.5 Å². The summed E-state index contributed by atoms with van der Waals surface area (Å²) in [6, 6.07) is 23.4. The van der Waals surface area contributed by atoms with E-state index in [1.165, 1.54) is 0 Å². The molecule has 0 spiro atoms. The summed E-state index contributed by atoms with van der Waals surface area (Å²) in [5.41, 5.74) is 5.31. The molecule has 11 heteroatoms. The summed E-state index contributed by atoms with van der Waals surface area (Å²) in [6.07, 6.45) is 3.67. The standard InChI is InChI=1S/C39H45N3O8/c1-26(21-43)40-36(44)20-28-14-6-3-7-19-35(38(46)49-24-29(41-37(28)45)23-48-22-27-12-4-2-5-13-27)42-39(47)50-25-34-32-17-10-8-15-30(32)31-16-9-11-18-33(31)34/h2-6,8-13,15-18,26,28-29,34-35,43H,7,14,19-25H2,1H3,(H,40,44)(H,41,45)(H,42,47)/t26-,28+,29-,35-/m0/s1. The minimum atomic E-state index is -1.00. The summed E-state index contributed by atoms with van der Waals surface area (Å²) >= 11 is 0. The van der Waals surface area contributed by atoms with Gasteiger partial charge >= 0.3 is 12.1 Å². The molecule has 0 bridgehead atoms. The van der Waals surface area contributed by atoms with Gasteiger partial charge in [0, 0.05) is 18.4 Å². The van der Waals surface area contributed by atoms with Gasteiger partial charge in [-0.3, -0.25) is 9.59 Å². The Morgan fingerprint density at radius 1 is 0.940 bits per heavy atom. The maximum absolute atomic E-state index is 13.4. The van der Waals surface area contributed by atoms with Crippen LogP contribution >= 0.6 is 0 Å². The molecule has 0 radical (unpaired) electrons. The average molecular weight is 684 g/mol. The van der Waals surface area contributed by atoms with Crippen LogP contribution in [-0.2, 0) is 35.2 Å². The molecular weight excluding hydrogens is 638 g/mol. The smallest absolute Gasteiger partial charge is 0.407 e. The lowest BCUT2D eigenvalue weighted by Crippen LogP contribution is -2.47. The number of carbonyl (C=O) groups excluding carboxylic acids is 4. The minimum absolute atomic E-state index is 0.0364. The number of aliphatic hydroxyl groups is 1. The first kappa shape index (κ1) is 36.3. The molecule has 0 saturated carbocycles. The molecule has 1 aliphatic heterocycles. The molecule has 3 amide bonds. The van der Waals surface area contributed by atoms with Crippen LogP contribution in [0.3, 0.4) is 0 Å². The summed E-state index contributed by atoms with van der Waals surface area (Å²) < 4.78 is 17.2. The third-order valence-electron chi connectivity index (χ3n) is 8.82. The molecule has 4 atom stereocenters. The van der Waals surface area contributed by atoms with E-state index in [4.69, 9.17) is 14.2 Å². The van der Waals surface area contributed by atoms with Gasteiger partial charge in [-0.25, -0.2) is 9.59 Å². The maximum Gasteiger partial charge on any atom is 0.407 e. The van der Waals surface area contributed by atoms with E-state index in [0.717, 1.165) is 27.8 Å². The fourth-order valence-electron chi connectivity index (χ4n) is 6.19. The predicted molar refractivity (Wildman–Crippen MR) is 187 cm³/mol. The molecule has 3 aromatic rings. The van der Waals surface area contributed by atoms with E-state index in [-0.39, 0.29) is 64.1 Å². The Morgan fingerprint density at radius 3 is 2.32 bits per heavy atom. The molecule has 50 heavy (non-hydrogen) atoms.